The number of anilines is 1. The number of hydrogen-bond donors (Lipinski definition) is 3. The van der Waals surface area contributed by atoms with E-state index in [4.69, 9.17) is 15.6 Å². The minimum atomic E-state index is -0.456. The molecule has 1 atom stereocenters. The number of ether oxygens (including phenoxy) is 1. The smallest absolute Gasteiger partial charge is 0.265 e. The van der Waals surface area contributed by atoms with Gasteiger partial charge in [0.25, 0.3) is 5.91 Å². The Morgan fingerprint density at radius 3 is 3.05 bits per heavy atom. The Labute approximate surface area is 112 Å². The molecular formula is C13H19N3O3. The van der Waals surface area contributed by atoms with Gasteiger partial charge in [-0.2, -0.15) is 0 Å². The van der Waals surface area contributed by atoms with Gasteiger partial charge >= 0.3 is 0 Å². The Morgan fingerprint density at radius 2 is 2.37 bits per heavy atom. The molecule has 1 aliphatic heterocycles. The highest BCUT2D eigenvalue weighted by Gasteiger charge is 2.26. The summed E-state index contributed by atoms with van der Waals surface area (Å²) < 4.78 is 5.40. The van der Waals surface area contributed by atoms with Crippen molar-refractivity contribution in [3.05, 3.63) is 23.8 Å². The summed E-state index contributed by atoms with van der Waals surface area (Å²) in [5, 5.41) is 12.1. The van der Waals surface area contributed by atoms with Gasteiger partial charge < -0.3 is 25.8 Å². The second-order valence-electron chi connectivity index (χ2n) is 4.57. The van der Waals surface area contributed by atoms with Crippen LogP contribution < -0.4 is 20.7 Å². The average molecular weight is 265 g/mol. The third-order valence-electron chi connectivity index (χ3n) is 3.00. The Balaban J connectivity index is 2.30. The average Bonchev–Trinajstić information content (AvgIpc) is 2.42. The highest BCUT2D eigenvalue weighted by molar-refractivity contribution is 5.98. The van der Waals surface area contributed by atoms with Crippen LogP contribution in [-0.2, 0) is 11.3 Å². The Kier molecular flexibility index (Phi) is 4.36. The van der Waals surface area contributed by atoms with Gasteiger partial charge in [-0.05, 0) is 24.7 Å². The van der Waals surface area contributed by atoms with Crippen molar-refractivity contribution >= 4 is 11.6 Å². The molecule has 0 aromatic heterocycles. The molecular weight excluding hydrogens is 246 g/mol. The first-order valence-electron chi connectivity index (χ1n) is 6.23. The third-order valence-corrected chi connectivity index (χ3v) is 3.00. The van der Waals surface area contributed by atoms with Gasteiger partial charge in [0, 0.05) is 19.1 Å². The van der Waals surface area contributed by atoms with Gasteiger partial charge in [-0.3, -0.25) is 4.79 Å². The number of aliphatic hydroxyl groups is 1. The molecule has 19 heavy (non-hydrogen) atoms. The van der Waals surface area contributed by atoms with Crippen molar-refractivity contribution in [3.63, 3.8) is 0 Å². The highest BCUT2D eigenvalue weighted by Crippen LogP contribution is 2.32. The van der Waals surface area contributed by atoms with Crippen LogP contribution in [0.25, 0.3) is 0 Å². The lowest BCUT2D eigenvalue weighted by molar-refractivity contribution is -0.121. The maximum Gasteiger partial charge on any atom is 0.265 e. The molecule has 0 bridgehead atoms. The molecule has 1 aliphatic rings. The molecule has 2 rings (SSSR count). The lowest BCUT2D eigenvalue weighted by atomic mass is 10.1. The zero-order chi connectivity index (χ0) is 13.8. The normalized spacial score (nSPS) is 15.9. The third kappa shape index (κ3) is 3.04. The van der Waals surface area contributed by atoms with Crippen LogP contribution >= 0.6 is 0 Å². The van der Waals surface area contributed by atoms with Crippen molar-refractivity contribution in [2.45, 2.75) is 12.6 Å². The van der Waals surface area contributed by atoms with Gasteiger partial charge in [-0.1, -0.05) is 6.07 Å². The second kappa shape index (κ2) is 6.01. The topological polar surface area (TPSA) is 87.8 Å². The first kappa shape index (κ1) is 13.8. The number of nitrogens with two attached hydrogens (primary N) is 1. The number of fused-ring (bicyclic) bond motifs is 1. The predicted molar refractivity (Wildman–Crippen MR) is 72.1 cm³/mol. The summed E-state index contributed by atoms with van der Waals surface area (Å²) >= 11 is 0. The minimum absolute atomic E-state index is 0.0104. The summed E-state index contributed by atoms with van der Waals surface area (Å²) in [7, 11) is 1.86. The van der Waals surface area contributed by atoms with Crippen LogP contribution in [0.1, 0.15) is 5.56 Å². The fraction of sp³-hybridized carbons (Fsp3) is 0.462. The van der Waals surface area contributed by atoms with Crippen molar-refractivity contribution in [1.29, 1.82) is 0 Å². The van der Waals surface area contributed by atoms with Crippen molar-refractivity contribution in [1.82, 2.24) is 5.32 Å². The van der Waals surface area contributed by atoms with Gasteiger partial charge in [-0.25, -0.2) is 0 Å². The molecule has 104 valence electrons. The molecule has 0 fully saturated rings. The summed E-state index contributed by atoms with van der Waals surface area (Å²) in [5.74, 6) is 0.530. The number of aliphatic hydroxyl groups excluding tert-OH is 1. The van der Waals surface area contributed by atoms with Crippen LogP contribution in [0.2, 0.25) is 0 Å². The van der Waals surface area contributed by atoms with Crippen LogP contribution in [0, 0.1) is 0 Å². The van der Waals surface area contributed by atoms with Crippen molar-refractivity contribution in [3.8, 4) is 5.75 Å². The largest absolute Gasteiger partial charge is 0.482 e. The van der Waals surface area contributed by atoms with Crippen molar-refractivity contribution in [2.24, 2.45) is 5.73 Å². The molecule has 0 radical (unpaired) electrons. The van der Waals surface area contributed by atoms with E-state index in [1.807, 2.05) is 25.2 Å². The minimum Gasteiger partial charge on any atom is -0.482 e. The lowest BCUT2D eigenvalue weighted by Gasteiger charge is -2.31. The number of amides is 1. The number of carbonyl (C=O) groups excluding carboxylic acids is 1. The van der Waals surface area contributed by atoms with Gasteiger partial charge in [0.2, 0.25) is 0 Å². The number of rotatable bonds is 5. The number of carbonyl (C=O) groups is 1. The predicted octanol–water partition coefficient (Wildman–Crippen LogP) is -0.549. The Hall–Kier alpha value is -1.63. The van der Waals surface area contributed by atoms with Gasteiger partial charge in [-0.15, -0.1) is 0 Å². The molecule has 1 unspecified atom stereocenters. The molecule has 0 aliphatic carbocycles. The monoisotopic (exact) mass is 265 g/mol. The molecule has 0 spiro atoms. The van der Waals surface area contributed by atoms with E-state index >= 15 is 0 Å². The summed E-state index contributed by atoms with van der Waals surface area (Å²) in [5.41, 5.74) is 7.50. The van der Waals surface area contributed by atoms with Gasteiger partial charge in [0.1, 0.15) is 5.75 Å². The van der Waals surface area contributed by atoms with Crippen molar-refractivity contribution < 1.29 is 14.6 Å². The van der Waals surface area contributed by atoms with Crippen LogP contribution in [0.4, 0.5) is 5.69 Å². The van der Waals surface area contributed by atoms with Crippen molar-refractivity contribution in [2.75, 3.05) is 31.7 Å². The first-order chi connectivity index (χ1) is 9.15. The van der Waals surface area contributed by atoms with Gasteiger partial charge in [0.15, 0.2) is 6.61 Å². The van der Waals surface area contributed by atoms with E-state index in [1.165, 1.54) is 0 Å². The summed E-state index contributed by atoms with van der Waals surface area (Å²) in [4.78, 5) is 13.5. The fourth-order valence-corrected chi connectivity index (χ4v) is 2.05. The van der Waals surface area contributed by atoms with E-state index < -0.39 is 6.04 Å². The van der Waals surface area contributed by atoms with Gasteiger partial charge in [0.05, 0.1) is 12.3 Å². The molecule has 1 aromatic carbocycles. The highest BCUT2D eigenvalue weighted by atomic mass is 16.5. The van der Waals surface area contributed by atoms with E-state index in [0.717, 1.165) is 5.56 Å². The van der Waals surface area contributed by atoms with Crippen LogP contribution in [0.5, 0.6) is 5.75 Å². The standard InChI is InChI=1S/C13H19N3O3/c1-15-5-9-2-3-12-11(4-9)16(6-10(14)7-17)13(18)8-19-12/h2-4,10,15,17H,5-8,14H2,1H3. The number of benzene rings is 1. The molecule has 0 saturated heterocycles. The van der Waals surface area contributed by atoms with E-state index in [9.17, 15) is 4.79 Å². The summed E-state index contributed by atoms with van der Waals surface area (Å²) in [6.45, 7) is 0.850. The number of nitrogens with one attached hydrogen (secondary N) is 1. The first-order valence-corrected chi connectivity index (χ1v) is 6.23. The molecule has 4 N–H and O–H groups in total. The maximum absolute atomic E-state index is 11.9. The molecule has 0 saturated carbocycles. The SMILES string of the molecule is CNCc1ccc2c(c1)N(CC(N)CO)C(=O)CO2. The second-order valence-corrected chi connectivity index (χ2v) is 4.57. The van der Waals surface area contributed by atoms with Crippen LogP contribution in [-0.4, -0.2) is 43.9 Å². The molecule has 6 heteroatoms. The fourth-order valence-electron chi connectivity index (χ4n) is 2.05. The zero-order valence-electron chi connectivity index (χ0n) is 10.9. The zero-order valence-corrected chi connectivity index (χ0v) is 10.9. The molecule has 6 nitrogen and oxygen atoms in total. The number of nitrogens with zero attached hydrogens (tertiary/aromatic N) is 1. The summed E-state index contributed by atoms with van der Waals surface area (Å²) in [6.07, 6.45) is 0. The lowest BCUT2D eigenvalue weighted by Crippen LogP contribution is -2.46. The Morgan fingerprint density at radius 1 is 1.58 bits per heavy atom. The quantitative estimate of drug-likeness (QED) is 0.665. The van der Waals surface area contributed by atoms with E-state index in [2.05, 4.69) is 5.32 Å². The van der Waals surface area contributed by atoms with Crippen LogP contribution in [0.15, 0.2) is 18.2 Å². The molecule has 1 amide bonds. The maximum atomic E-state index is 11.9. The number of hydrogen-bond acceptors (Lipinski definition) is 5. The van der Waals surface area contributed by atoms with E-state index in [1.54, 1.807) is 4.90 Å². The molecule has 1 aromatic rings. The molecule has 1 heterocycles. The van der Waals surface area contributed by atoms with E-state index in [-0.39, 0.29) is 25.7 Å². The summed E-state index contributed by atoms with van der Waals surface area (Å²) in [6, 6.07) is 5.26. The van der Waals surface area contributed by atoms with E-state index in [0.29, 0.717) is 18.0 Å². The Bertz CT molecular complexity index is 464. The van der Waals surface area contributed by atoms with Crippen LogP contribution in [0.3, 0.4) is 0 Å².